The van der Waals surface area contributed by atoms with Crippen molar-refractivity contribution in [2.24, 2.45) is 11.7 Å². The molecule has 1 saturated carbocycles. The molecule has 1 aliphatic rings. The minimum Gasteiger partial charge on any atom is -0.326 e. The summed E-state index contributed by atoms with van der Waals surface area (Å²) in [6.07, 6.45) is 0.931. The molecular weight excluding hydrogens is 244 g/mol. The van der Waals surface area contributed by atoms with Gasteiger partial charge >= 0.3 is 0 Å². The third-order valence-electron chi connectivity index (χ3n) is 2.86. The van der Waals surface area contributed by atoms with Crippen LogP contribution in [0.15, 0.2) is 10.3 Å². The normalized spacial score (nSPS) is 24.7. The molecule has 0 saturated heterocycles. The quantitative estimate of drug-likeness (QED) is 0.854. The maximum absolute atomic E-state index is 12.1. The fourth-order valence-electron chi connectivity index (χ4n) is 1.73. The molecule has 1 heterocycles. The second kappa shape index (κ2) is 4.10. The summed E-state index contributed by atoms with van der Waals surface area (Å²) in [5.41, 5.74) is 6.34. The molecule has 0 aliphatic heterocycles. The van der Waals surface area contributed by atoms with Gasteiger partial charge in [-0.05, 0) is 30.2 Å². The van der Waals surface area contributed by atoms with Crippen molar-refractivity contribution in [1.82, 2.24) is 4.72 Å². The second-order valence-electron chi connectivity index (χ2n) is 4.32. The third kappa shape index (κ3) is 2.15. The molecule has 6 heteroatoms. The van der Waals surface area contributed by atoms with Gasteiger partial charge in [0.15, 0.2) is 0 Å². The van der Waals surface area contributed by atoms with E-state index in [4.69, 9.17) is 5.73 Å². The number of aryl methyl sites for hydroxylation is 1. The van der Waals surface area contributed by atoms with Gasteiger partial charge in [0.25, 0.3) is 0 Å². The van der Waals surface area contributed by atoms with Gasteiger partial charge in [0.1, 0.15) is 4.90 Å². The van der Waals surface area contributed by atoms with E-state index in [0.717, 1.165) is 16.9 Å². The maximum Gasteiger partial charge on any atom is 0.242 e. The van der Waals surface area contributed by atoms with E-state index in [1.54, 1.807) is 6.92 Å². The molecule has 1 aromatic heterocycles. The molecule has 1 aliphatic carbocycles. The van der Waals surface area contributed by atoms with E-state index in [9.17, 15) is 8.42 Å². The summed E-state index contributed by atoms with van der Waals surface area (Å²) in [5.74, 6) is 0.454. The van der Waals surface area contributed by atoms with E-state index in [0.29, 0.717) is 10.8 Å². The zero-order valence-electron chi connectivity index (χ0n) is 9.36. The van der Waals surface area contributed by atoms with E-state index in [2.05, 4.69) is 4.72 Å². The minimum atomic E-state index is -3.38. The summed E-state index contributed by atoms with van der Waals surface area (Å²) >= 11 is 1.41. The number of thiophene rings is 1. The van der Waals surface area contributed by atoms with E-state index >= 15 is 0 Å². The van der Waals surface area contributed by atoms with Crippen LogP contribution in [0.2, 0.25) is 0 Å². The molecular formula is C10H16N2O2S2. The van der Waals surface area contributed by atoms with Gasteiger partial charge in [-0.3, -0.25) is 0 Å². The van der Waals surface area contributed by atoms with Crippen molar-refractivity contribution in [2.45, 2.75) is 37.8 Å². The Morgan fingerprint density at radius 2 is 2.25 bits per heavy atom. The first-order valence-corrected chi connectivity index (χ1v) is 7.61. The lowest BCUT2D eigenvalue weighted by atomic mass is 10.3. The molecule has 0 spiro atoms. The highest BCUT2D eigenvalue weighted by Crippen LogP contribution is 2.33. The van der Waals surface area contributed by atoms with Gasteiger partial charge in [0.2, 0.25) is 10.0 Å². The van der Waals surface area contributed by atoms with Gasteiger partial charge in [-0.15, -0.1) is 11.3 Å². The Kier molecular flexibility index (Phi) is 3.09. The predicted octanol–water partition coefficient (Wildman–Crippen LogP) is 1.20. The van der Waals surface area contributed by atoms with Crippen LogP contribution in [-0.4, -0.2) is 14.5 Å². The van der Waals surface area contributed by atoms with Crippen molar-refractivity contribution in [3.05, 3.63) is 15.8 Å². The first-order valence-electron chi connectivity index (χ1n) is 5.25. The Bertz CT molecular complexity index is 493. The lowest BCUT2D eigenvalue weighted by molar-refractivity contribution is 0.577. The number of hydrogen-bond donors (Lipinski definition) is 2. The van der Waals surface area contributed by atoms with Gasteiger partial charge in [-0.1, -0.05) is 6.92 Å². The first-order chi connectivity index (χ1) is 7.45. The van der Waals surface area contributed by atoms with Crippen molar-refractivity contribution in [1.29, 1.82) is 0 Å². The largest absolute Gasteiger partial charge is 0.326 e. The molecule has 90 valence electrons. The lowest BCUT2D eigenvalue weighted by Gasteiger charge is -2.07. The SMILES string of the molecule is Cc1csc(CN)c1S(=O)(=O)NC1CC1C. The smallest absolute Gasteiger partial charge is 0.242 e. The summed E-state index contributed by atoms with van der Waals surface area (Å²) in [7, 11) is -3.38. The standard InChI is InChI=1S/C10H16N2O2S2/c1-6-3-8(6)12-16(13,14)10-7(2)5-15-9(10)4-11/h5-6,8,12H,3-4,11H2,1-2H3. The van der Waals surface area contributed by atoms with Crippen molar-refractivity contribution in [3.8, 4) is 0 Å². The van der Waals surface area contributed by atoms with Crippen molar-refractivity contribution >= 4 is 21.4 Å². The van der Waals surface area contributed by atoms with Gasteiger partial charge in [0, 0.05) is 17.5 Å². The van der Waals surface area contributed by atoms with Crippen molar-refractivity contribution in [2.75, 3.05) is 0 Å². The number of sulfonamides is 1. The molecule has 0 aromatic carbocycles. The molecule has 2 unspecified atom stereocenters. The minimum absolute atomic E-state index is 0.106. The Labute approximate surface area is 99.9 Å². The molecule has 1 aromatic rings. The predicted molar refractivity (Wildman–Crippen MR) is 64.8 cm³/mol. The summed E-state index contributed by atoms with van der Waals surface area (Å²) in [5, 5.41) is 1.84. The Hall–Kier alpha value is -0.430. The van der Waals surface area contributed by atoms with Crippen LogP contribution in [0.5, 0.6) is 0 Å². The fraction of sp³-hybridized carbons (Fsp3) is 0.600. The average Bonchev–Trinajstić information content (AvgIpc) is 2.74. The number of nitrogens with two attached hydrogens (primary N) is 1. The topological polar surface area (TPSA) is 72.2 Å². The highest BCUT2D eigenvalue weighted by molar-refractivity contribution is 7.89. The van der Waals surface area contributed by atoms with Crippen LogP contribution in [0.25, 0.3) is 0 Å². The summed E-state index contributed by atoms with van der Waals surface area (Å²) in [6.45, 7) is 4.12. The van der Waals surface area contributed by atoms with Crippen LogP contribution in [0.1, 0.15) is 23.8 Å². The fourth-order valence-corrected chi connectivity index (χ4v) is 4.79. The molecule has 4 nitrogen and oxygen atoms in total. The zero-order valence-corrected chi connectivity index (χ0v) is 11.0. The van der Waals surface area contributed by atoms with Gasteiger partial charge in [0.05, 0.1) is 0 Å². The maximum atomic E-state index is 12.1. The molecule has 1 fully saturated rings. The number of rotatable bonds is 4. The molecule has 0 radical (unpaired) electrons. The average molecular weight is 260 g/mol. The second-order valence-corrected chi connectivity index (χ2v) is 6.93. The Morgan fingerprint density at radius 1 is 1.62 bits per heavy atom. The molecule has 3 N–H and O–H groups in total. The Balaban J connectivity index is 2.31. The molecule has 0 amide bonds. The van der Waals surface area contributed by atoms with Crippen LogP contribution in [0.3, 0.4) is 0 Å². The van der Waals surface area contributed by atoms with E-state index in [1.807, 2.05) is 12.3 Å². The summed E-state index contributed by atoms with van der Waals surface area (Å²) in [4.78, 5) is 1.12. The molecule has 2 rings (SSSR count). The van der Waals surface area contributed by atoms with Crippen LogP contribution in [0, 0.1) is 12.8 Å². The highest BCUT2D eigenvalue weighted by Gasteiger charge is 2.37. The first kappa shape index (κ1) is 12.0. The third-order valence-corrected chi connectivity index (χ3v) is 5.83. The molecule has 0 bridgehead atoms. The highest BCUT2D eigenvalue weighted by atomic mass is 32.2. The van der Waals surface area contributed by atoms with Crippen molar-refractivity contribution < 1.29 is 8.42 Å². The van der Waals surface area contributed by atoms with Gasteiger partial charge < -0.3 is 5.73 Å². The van der Waals surface area contributed by atoms with Crippen LogP contribution in [-0.2, 0) is 16.6 Å². The van der Waals surface area contributed by atoms with Gasteiger partial charge in [-0.2, -0.15) is 0 Å². The van der Waals surface area contributed by atoms with Crippen LogP contribution < -0.4 is 10.5 Å². The van der Waals surface area contributed by atoms with E-state index in [-0.39, 0.29) is 12.6 Å². The monoisotopic (exact) mass is 260 g/mol. The lowest BCUT2D eigenvalue weighted by Crippen LogP contribution is -2.28. The number of nitrogens with one attached hydrogen (secondary N) is 1. The molecule has 2 atom stereocenters. The zero-order chi connectivity index (χ0) is 11.9. The van der Waals surface area contributed by atoms with Crippen LogP contribution >= 0.6 is 11.3 Å². The van der Waals surface area contributed by atoms with Crippen molar-refractivity contribution in [3.63, 3.8) is 0 Å². The van der Waals surface area contributed by atoms with E-state index < -0.39 is 10.0 Å². The van der Waals surface area contributed by atoms with E-state index in [1.165, 1.54) is 11.3 Å². The summed E-state index contributed by atoms with van der Waals surface area (Å²) in [6, 6.07) is 0.106. The Morgan fingerprint density at radius 3 is 2.75 bits per heavy atom. The van der Waals surface area contributed by atoms with Crippen LogP contribution in [0.4, 0.5) is 0 Å². The summed E-state index contributed by atoms with van der Waals surface area (Å²) < 4.78 is 27.0. The van der Waals surface area contributed by atoms with Gasteiger partial charge in [-0.25, -0.2) is 13.1 Å². The molecule has 16 heavy (non-hydrogen) atoms. The number of hydrogen-bond acceptors (Lipinski definition) is 4.